The molecule has 0 aliphatic heterocycles. The molecule has 1 aromatic heterocycles. The predicted octanol–water partition coefficient (Wildman–Crippen LogP) is 3.57. The zero-order valence-corrected chi connectivity index (χ0v) is 11.0. The molecule has 4 heteroatoms. The third-order valence-corrected chi connectivity index (χ3v) is 3.31. The molecule has 0 unspecified atom stereocenters. The molecule has 0 fully saturated rings. The Balaban J connectivity index is 1.81. The lowest BCUT2D eigenvalue weighted by Gasteiger charge is -2.02. The summed E-state index contributed by atoms with van der Waals surface area (Å²) in [6.07, 6.45) is 8.95. The average Bonchev–Trinajstić information content (AvgIpc) is 2.75. The first-order valence-electron chi connectivity index (χ1n) is 6.85. The number of hydrogen-bond acceptors (Lipinski definition) is 3. The zero-order valence-electron chi connectivity index (χ0n) is 11.0. The third kappa shape index (κ3) is 3.22. The van der Waals surface area contributed by atoms with E-state index in [1.807, 2.05) is 18.2 Å². The van der Waals surface area contributed by atoms with Crippen LogP contribution in [-0.2, 0) is 6.42 Å². The molecule has 0 aliphatic carbocycles. The molecule has 0 aliphatic rings. The van der Waals surface area contributed by atoms with Crippen molar-refractivity contribution in [3.05, 3.63) is 23.8 Å². The monoisotopic (exact) mass is 247 g/mol. The highest BCUT2D eigenvalue weighted by atomic mass is 16.5. The molecule has 18 heavy (non-hydrogen) atoms. The van der Waals surface area contributed by atoms with Gasteiger partial charge < -0.3 is 5.21 Å². The van der Waals surface area contributed by atoms with Gasteiger partial charge in [0.1, 0.15) is 11.0 Å². The second kappa shape index (κ2) is 6.38. The molecule has 1 N–H and O–H groups in total. The fourth-order valence-corrected chi connectivity index (χ4v) is 2.22. The van der Waals surface area contributed by atoms with Crippen molar-refractivity contribution in [3.8, 4) is 0 Å². The van der Waals surface area contributed by atoms with E-state index in [2.05, 4.69) is 17.2 Å². The van der Waals surface area contributed by atoms with Crippen molar-refractivity contribution in [1.29, 1.82) is 0 Å². The number of unbranched alkanes of at least 4 members (excludes halogenated alkanes) is 5. The lowest BCUT2D eigenvalue weighted by Crippen LogP contribution is -1.91. The summed E-state index contributed by atoms with van der Waals surface area (Å²) in [5.74, 6) is 0. The first-order valence-corrected chi connectivity index (χ1v) is 6.85. The summed E-state index contributed by atoms with van der Waals surface area (Å²) in [6.45, 7) is 2.24. The van der Waals surface area contributed by atoms with Crippen LogP contribution in [-0.4, -0.2) is 20.4 Å². The first kappa shape index (κ1) is 12.9. The normalized spacial score (nSPS) is 11.2. The number of aromatic nitrogens is 3. The Labute approximate surface area is 108 Å². The lowest BCUT2D eigenvalue weighted by molar-refractivity contribution is 0.155. The quantitative estimate of drug-likeness (QED) is 0.601. The molecule has 2 rings (SSSR count). The van der Waals surface area contributed by atoms with E-state index in [4.69, 9.17) is 0 Å². The zero-order chi connectivity index (χ0) is 12.8. The number of rotatable bonds is 7. The summed E-state index contributed by atoms with van der Waals surface area (Å²) in [7, 11) is 0. The van der Waals surface area contributed by atoms with Crippen LogP contribution in [0.25, 0.3) is 11.0 Å². The van der Waals surface area contributed by atoms with Gasteiger partial charge in [-0.2, -0.15) is 0 Å². The Kier molecular flexibility index (Phi) is 4.56. The Bertz CT molecular complexity index is 493. The molecule has 0 saturated heterocycles. The van der Waals surface area contributed by atoms with Crippen LogP contribution in [0.3, 0.4) is 0 Å². The van der Waals surface area contributed by atoms with Gasteiger partial charge in [-0.15, -0.1) is 5.10 Å². The van der Waals surface area contributed by atoms with E-state index in [-0.39, 0.29) is 0 Å². The van der Waals surface area contributed by atoms with Gasteiger partial charge >= 0.3 is 0 Å². The van der Waals surface area contributed by atoms with Gasteiger partial charge in [-0.1, -0.05) is 49.9 Å². The molecule has 2 aromatic rings. The number of aryl methyl sites for hydroxylation is 1. The van der Waals surface area contributed by atoms with Gasteiger partial charge in [0.15, 0.2) is 0 Å². The van der Waals surface area contributed by atoms with Crippen LogP contribution in [0.5, 0.6) is 0 Å². The highest BCUT2D eigenvalue weighted by Gasteiger charge is 2.03. The lowest BCUT2D eigenvalue weighted by atomic mass is 10.0. The van der Waals surface area contributed by atoms with Crippen LogP contribution in [0, 0.1) is 0 Å². The molecule has 98 valence electrons. The second-order valence-corrected chi connectivity index (χ2v) is 4.82. The number of fused-ring (bicyclic) bond motifs is 1. The molecule has 0 spiro atoms. The van der Waals surface area contributed by atoms with E-state index in [9.17, 15) is 5.21 Å². The van der Waals surface area contributed by atoms with Gasteiger partial charge in [-0.05, 0) is 35.8 Å². The van der Waals surface area contributed by atoms with Gasteiger partial charge in [0.05, 0.1) is 0 Å². The molecule has 0 amide bonds. The summed E-state index contributed by atoms with van der Waals surface area (Å²) in [4.78, 5) is 0.823. The Morgan fingerprint density at radius 2 is 1.89 bits per heavy atom. The molecule has 0 bridgehead atoms. The molecule has 0 saturated carbocycles. The van der Waals surface area contributed by atoms with E-state index < -0.39 is 0 Å². The predicted molar refractivity (Wildman–Crippen MR) is 71.8 cm³/mol. The molecular formula is C14H21N3O. The Hall–Kier alpha value is -1.58. The summed E-state index contributed by atoms with van der Waals surface area (Å²) >= 11 is 0. The third-order valence-electron chi connectivity index (χ3n) is 3.31. The highest BCUT2D eigenvalue weighted by molar-refractivity contribution is 5.74. The number of benzene rings is 1. The van der Waals surface area contributed by atoms with E-state index in [1.54, 1.807) is 0 Å². The van der Waals surface area contributed by atoms with Crippen LogP contribution in [0.1, 0.15) is 51.0 Å². The highest BCUT2D eigenvalue weighted by Crippen LogP contribution is 2.15. The van der Waals surface area contributed by atoms with Gasteiger partial charge in [-0.3, -0.25) is 0 Å². The second-order valence-electron chi connectivity index (χ2n) is 4.82. The van der Waals surface area contributed by atoms with Gasteiger partial charge in [-0.25, -0.2) is 0 Å². The van der Waals surface area contributed by atoms with Crippen LogP contribution < -0.4 is 0 Å². The topological polar surface area (TPSA) is 50.9 Å². The molecular weight excluding hydrogens is 226 g/mol. The van der Waals surface area contributed by atoms with Crippen molar-refractivity contribution < 1.29 is 5.21 Å². The van der Waals surface area contributed by atoms with Crippen molar-refractivity contribution in [3.63, 3.8) is 0 Å². The Morgan fingerprint density at radius 1 is 1.11 bits per heavy atom. The average molecular weight is 247 g/mol. The first-order chi connectivity index (χ1) is 8.81. The standard InChI is InChI=1S/C14H21N3O/c1-2-3-4-5-6-7-8-12-9-10-14-13(11-12)15-16-17(14)18/h9-11,18H,2-8H2,1H3. The maximum atomic E-state index is 9.34. The summed E-state index contributed by atoms with van der Waals surface area (Å²) in [5.41, 5.74) is 2.71. The van der Waals surface area contributed by atoms with Crippen LogP contribution in [0.2, 0.25) is 0 Å². The molecule has 0 radical (unpaired) electrons. The van der Waals surface area contributed by atoms with Gasteiger partial charge in [0.2, 0.25) is 0 Å². The van der Waals surface area contributed by atoms with Crippen molar-refractivity contribution in [2.45, 2.75) is 51.9 Å². The number of nitrogens with zero attached hydrogens (tertiary/aromatic N) is 3. The van der Waals surface area contributed by atoms with Crippen LogP contribution in [0.4, 0.5) is 0 Å². The van der Waals surface area contributed by atoms with Crippen LogP contribution >= 0.6 is 0 Å². The summed E-state index contributed by atoms with van der Waals surface area (Å²) < 4.78 is 0. The summed E-state index contributed by atoms with van der Waals surface area (Å²) in [6, 6.07) is 5.94. The van der Waals surface area contributed by atoms with E-state index >= 15 is 0 Å². The molecule has 0 atom stereocenters. The maximum absolute atomic E-state index is 9.34. The molecule has 4 nitrogen and oxygen atoms in total. The smallest absolute Gasteiger partial charge is 0.130 e. The number of hydrogen-bond donors (Lipinski definition) is 1. The van der Waals surface area contributed by atoms with E-state index in [1.165, 1.54) is 44.1 Å². The minimum absolute atomic E-state index is 0.668. The van der Waals surface area contributed by atoms with Crippen molar-refractivity contribution in [2.75, 3.05) is 0 Å². The largest absolute Gasteiger partial charge is 0.410 e. The fourth-order valence-electron chi connectivity index (χ4n) is 2.22. The fraction of sp³-hybridized carbons (Fsp3) is 0.571. The Morgan fingerprint density at radius 3 is 2.72 bits per heavy atom. The van der Waals surface area contributed by atoms with Crippen molar-refractivity contribution in [2.24, 2.45) is 0 Å². The van der Waals surface area contributed by atoms with Gasteiger partial charge in [0, 0.05) is 0 Å². The minimum atomic E-state index is 0.668. The van der Waals surface area contributed by atoms with E-state index in [0.29, 0.717) is 5.52 Å². The molecule has 1 heterocycles. The van der Waals surface area contributed by atoms with Crippen molar-refractivity contribution >= 4 is 11.0 Å². The molecule has 1 aromatic carbocycles. The SMILES string of the molecule is CCCCCCCCc1ccc2c(c1)nnn2O. The van der Waals surface area contributed by atoms with Crippen LogP contribution in [0.15, 0.2) is 18.2 Å². The summed E-state index contributed by atoms with van der Waals surface area (Å²) in [5, 5.41) is 16.8. The van der Waals surface area contributed by atoms with Gasteiger partial charge in [0.25, 0.3) is 0 Å². The minimum Gasteiger partial charge on any atom is -0.410 e. The maximum Gasteiger partial charge on any atom is 0.130 e. The van der Waals surface area contributed by atoms with Crippen molar-refractivity contribution in [1.82, 2.24) is 15.2 Å². The van der Waals surface area contributed by atoms with E-state index in [0.717, 1.165) is 16.8 Å².